The first kappa shape index (κ1) is 23.5. The first-order chi connectivity index (χ1) is 10.7. The number of fused-ring (bicyclic) bond motifs is 3. The molecule has 0 nitrogen and oxygen atoms in total. The zero-order chi connectivity index (χ0) is 15.8. The molecule has 0 fully saturated rings. The maximum Gasteiger partial charge on any atom is -0.0771 e. The van der Waals surface area contributed by atoms with E-state index in [-0.39, 0.29) is 30.3 Å². The molecule has 0 spiro atoms. The van der Waals surface area contributed by atoms with Gasteiger partial charge in [-0.2, -0.15) is 6.08 Å². The maximum atomic E-state index is 2.99. The fraction of sp³-hybridized carbons (Fsp3) is 0.150. The Morgan fingerprint density at radius 2 is 1.38 bits per heavy atom. The number of benzene rings is 2. The Labute approximate surface area is 172 Å². The van der Waals surface area contributed by atoms with Crippen molar-refractivity contribution in [3.05, 3.63) is 78.9 Å². The second kappa shape index (κ2) is 12.8. The summed E-state index contributed by atoms with van der Waals surface area (Å²) >= 11 is 1.45. The number of halogens is 2. The molecule has 3 aromatic carbocycles. The van der Waals surface area contributed by atoms with E-state index in [2.05, 4.69) is 79.8 Å². The molecular formula is C20H20Cl2HfSi-2. The van der Waals surface area contributed by atoms with Gasteiger partial charge in [0.15, 0.2) is 0 Å². The van der Waals surface area contributed by atoms with E-state index in [1.807, 2.05) is 12.2 Å². The molecular weight excluding hydrogens is 518 g/mol. The molecule has 0 atom stereocenters. The minimum Gasteiger partial charge on any atom is -1.00 e. The molecule has 0 bridgehead atoms. The van der Waals surface area contributed by atoms with Crippen LogP contribution in [-0.4, -0.2) is 5.49 Å². The van der Waals surface area contributed by atoms with Gasteiger partial charge in [0.1, 0.15) is 0 Å². The molecule has 0 saturated carbocycles. The first-order valence-electron chi connectivity index (χ1n) is 7.45. The molecule has 0 unspecified atom stereocenters. The molecule has 1 aliphatic carbocycles. The summed E-state index contributed by atoms with van der Waals surface area (Å²) in [6.45, 7) is 4.66. The normalized spacial score (nSPS) is 10.8. The fourth-order valence-electron chi connectivity index (χ4n) is 2.24. The van der Waals surface area contributed by atoms with Crippen molar-refractivity contribution in [1.29, 1.82) is 0 Å². The SMILES string of the molecule is C[Si](C)=[Hf+2].[C-]1=CC=CC1.[Cl-].[Cl-].c1ccc2c(c1)[cH-]c1ccccc12. The molecule has 0 heterocycles. The summed E-state index contributed by atoms with van der Waals surface area (Å²) in [6.07, 6.45) is 10.0. The summed E-state index contributed by atoms with van der Waals surface area (Å²) in [5.41, 5.74) is 0.259. The van der Waals surface area contributed by atoms with E-state index in [1.165, 1.54) is 44.5 Å². The Hall–Kier alpha value is -0.543. The van der Waals surface area contributed by atoms with Gasteiger partial charge in [-0.05, 0) is 0 Å². The first-order valence-corrected chi connectivity index (χ1v) is 15.3. The van der Waals surface area contributed by atoms with Crippen LogP contribution < -0.4 is 24.8 Å². The van der Waals surface area contributed by atoms with Crippen LogP contribution in [0.2, 0.25) is 13.1 Å². The molecule has 0 amide bonds. The quantitative estimate of drug-likeness (QED) is 0.276. The topological polar surface area (TPSA) is 0 Å². The molecule has 4 heteroatoms. The van der Waals surface area contributed by atoms with Gasteiger partial charge in [0.25, 0.3) is 0 Å². The Morgan fingerprint density at radius 3 is 1.71 bits per heavy atom. The number of allylic oxidation sites excluding steroid dienone is 4. The van der Waals surface area contributed by atoms with E-state index in [4.69, 9.17) is 0 Å². The molecule has 0 saturated heterocycles. The Morgan fingerprint density at radius 1 is 0.917 bits per heavy atom. The van der Waals surface area contributed by atoms with Crippen molar-refractivity contribution in [3.63, 3.8) is 0 Å². The summed E-state index contributed by atoms with van der Waals surface area (Å²) in [7, 11) is 0. The molecule has 0 radical (unpaired) electrons. The summed E-state index contributed by atoms with van der Waals surface area (Å²) in [5.74, 6) is 0. The predicted octanol–water partition coefficient (Wildman–Crippen LogP) is -0.190. The van der Waals surface area contributed by atoms with Gasteiger partial charge in [-0.15, -0.1) is 46.2 Å². The van der Waals surface area contributed by atoms with Crippen LogP contribution in [0.5, 0.6) is 0 Å². The van der Waals surface area contributed by atoms with E-state index in [0.717, 1.165) is 6.42 Å². The van der Waals surface area contributed by atoms with Crippen LogP contribution in [0.4, 0.5) is 0 Å². The van der Waals surface area contributed by atoms with Gasteiger partial charge in [-0.1, -0.05) is 36.4 Å². The van der Waals surface area contributed by atoms with Crippen molar-refractivity contribution >= 4 is 27.0 Å². The Kier molecular flexibility index (Phi) is 12.5. The second-order valence-electron chi connectivity index (χ2n) is 5.32. The monoisotopic (exact) mass is 538 g/mol. The molecule has 0 N–H and O–H groups in total. The number of hydrogen-bond donors (Lipinski definition) is 0. The molecule has 124 valence electrons. The molecule has 24 heavy (non-hydrogen) atoms. The van der Waals surface area contributed by atoms with Crippen molar-refractivity contribution in [2.75, 3.05) is 0 Å². The Balaban J connectivity index is 0.000000409. The summed E-state index contributed by atoms with van der Waals surface area (Å²) in [5, 5.41) is 5.39. The summed E-state index contributed by atoms with van der Waals surface area (Å²) in [6, 6.07) is 19.3. The average molecular weight is 538 g/mol. The summed E-state index contributed by atoms with van der Waals surface area (Å²) in [4.78, 5) is 0. The van der Waals surface area contributed by atoms with Crippen molar-refractivity contribution in [3.8, 4) is 0 Å². The van der Waals surface area contributed by atoms with Crippen LogP contribution in [0.3, 0.4) is 0 Å². The summed E-state index contributed by atoms with van der Waals surface area (Å²) < 4.78 is 0. The van der Waals surface area contributed by atoms with E-state index < -0.39 is 0 Å². The van der Waals surface area contributed by atoms with E-state index in [9.17, 15) is 0 Å². The van der Waals surface area contributed by atoms with E-state index in [1.54, 1.807) is 0 Å². The fourth-order valence-corrected chi connectivity index (χ4v) is 2.24. The average Bonchev–Trinajstić information content (AvgIpc) is 3.18. The van der Waals surface area contributed by atoms with Crippen LogP contribution >= 0.6 is 0 Å². The van der Waals surface area contributed by atoms with Gasteiger partial charge in [-0.3, -0.25) is 6.08 Å². The third-order valence-corrected chi connectivity index (χ3v) is 3.11. The van der Waals surface area contributed by atoms with Crippen molar-refractivity contribution in [2.24, 2.45) is 0 Å². The van der Waals surface area contributed by atoms with Crippen molar-refractivity contribution < 1.29 is 47.8 Å². The van der Waals surface area contributed by atoms with E-state index >= 15 is 0 Å². The van der Waals surface area contributed by atoms with Crippen LogP contribution in [-0.2, 0) is 23.0 Å². The number of hydrogen-bond acceptors (Lipinski definition) is 0. The van der Waals surface area contributed by atoms with Crippen molar-refractivity contribution in [1.82, 2.24) is 0 Å². The Bertz CT molecular complexity index is 754. The molecule has 0 aromatic heterocycles. The predicted molar refractivity (Wildman–Crippen MR) is 96.1 cm³/mol. The van der Waals surface area contributed by atoms with Crippen LogP contribution in [0.15, 0.2) is 72.8 Å². The van der Waals surface area contributed by atoms with Gasteiger partial charge in [0, 0.05) is 0 Å². The minimum atomic E-state index is 0. The zero-order valence-corrected chi connectivity index (χ0v) is 20.0. The van der Waals surface area contributed by atoms with Gasteiger partial charge < -0.3 is 24.8 Å². The standard InChI is InChI=1S/C13H9.C5H5.C2H6Si.2ClH.Hf/c1-3-7-12-10(5-1)9-11-6-2-4-8-13(11)12;1-2-4-5-3-1;1-3-2;;;/h1-9H;1-3H,4H2;1-2H3;2*1H;/q2*-1;;;;+2/p-2. The third kappa shape index (κ3) is 7.56. The smallest absolute Gasteiger partial charge is 0.0771 e. The zero-order valence-electron chi connectivity index (χ0n) is 13.9. The van der Waals surface area contributed by atoms with E-state index in [0.29, 0.717) is 0 Å². The molecule has 0 aliphatic heterocycles. The third-order valence-electron chi connectivity index (χ3n) is 3.11. The van der Waals surface area contributed by atoms with Gasteiger partial charge in [0.2, 0.25) is 0 Å². The maximum absolute atomic E-state index is 2.99. The van der Waals surface area contributed by atoms with Crippen LogP contribution in [0.25, 0.3) is 21.5 Å². The molecule has 1 aliphatic rings. The molecule has 4 rings (SSSR count). The van der Waals surface area contributed by atoms with Crippen molar-refractivity contribution in [2.45, 2.75) is 19.5 Å². The van der Waals surface area contributed by atoms with Gasteiger partial charge >= 0.3 is 41.6 Å². The van der Waals surface area contributed by atoms with Crippen LogP contribution in [0, 0.1) is 6.08 Å². The molecule has 3 aromatic rings. The van der Waals surface area contributed by atoms with Crippen LogP contribution in [0.1, 0.15) is 6.42 Å². The number of rotatable bonds is 0. The second-order valence-corrected chi connectivity index (χ2v) is 18.1. The minimum absolute atomic E-state index is 0. The van der Waals surface area contributed by atoms with Gasteiger partial charge in [0.05, 0.1) is 0 Å². The largest absolute Gasteiger partial charge is 1.00 e. The van der Waals surface area contributed by atoms with Gasteiger partial charge in [-0.25, -0.2) is 12.2 Å².